The number of ether oxygens (including phenoxy) is 1. The third-order valence-corrected chi connectivity index (χ3v) is 4.52. The number of primary amides is 1. The molecule has 7 nitrogen and oxygen atoms in total. The fraction of sp³-hybridized carbons (Fsp3) is 0.350. The average Bonchev–Trinajstić information content (AvgIpc) is 2.69. The number of carbonyl (C=O) groups is 2. The molecule has 3 rings (SSSR count). The van der Waals surface area contributed by atoms with Gasteiger partial charge in [0.2, 0.25) is 11.8 Å². The lowest BCUT2D eigenvalue weighted by Gasteiger charge is -2.30. The van der Waals surface area contributed by atoms with Gasteiger partial charge < -0.3 is 20.7 Å². The average molecular weight is 368 g/mol. The van der Waals surface area contributed by atoms with Crippen molar-refractivity contribution in [3.63, 3.8) is 0 Å². The number of nitrogens with two attached hydrogens (primary N) is 1. The molecular formula is C20H24N4O3. The molecule has 0 saturated carbocycles. The first-order valence-corrected chi connectivity index (χ1v) is 9.18. The topological polar surface area (TPSA) is 97.5 Å². The van der Waals surface area contributed by atoms with Crippen LogP contribution in [0, 0.1) is 0 Å². The summed E-state index contributed by atoms with van der Waals surface area (Å²) >= 11 is 0. The Kier molecular flexibility index (Phi) is 5.90. The van der Waals surface area contributed by atoms with Crippen LogP contribution >= 0.6 is 0 Å². The molecule has 0 atom stereocenters. The highest BCUT2D eigenvalue weighted by molar-refractivity contribution is 6.08. The molecule has 0 radical (unpaired) electrons. The van der Waals surface area contributed by atoms with Gasteiger partial charge in [0.25, 0.3) is 5.91 Å². The van der Waals surface area contributed by atoms with E-state index in [4.69, 9.17) is 10.5 Å². The monoisotopic (exact) mass is 368 g/mol. The Hall–Kier alpha value is -3.09. The standard InChI is InChI=1S/C20H24N4O3/c1-2-27-20-15(7-6-10-22-20)19(26)23-16-13-14(18(21)25)8-9-17(16)24-11-4-3-5-12-24/h6-10,13H,2-5,11-12H2,1H3,(H2,21,25)(H,23,26). The highest BCUT2D eigenvalue weighted by Gasteiger charge is 2.20. The molecule has 7 heteroatoms. The summed E-state index contributed by atoms with van der Waals surface area (Å²) in [5, 5.41) is 2.91. The molecule has 1 aromatic heterocycles. The van der Waals surface area contributed by atoms with Gasteiger partial charge in [-0.1, -0.05) is 0 Å². The number of nitrogens with one attached hydrogen (secondary N) is 1. The van der Waals surface area contributed by atoms with Gasteiger partial charge in [0.1, 0.15) is 5.56 Å². The van der Waals surface area contributed by atoms with Crippen molar-refractivity contribution in [2.45, 2.75) is 26.2 Å². The summed E-state index contributed by atoms with van der Waals surface area (Å²) in [5.74, 6) is -0.596. The Balaban J connectivity index is 1.93. The van der Waals surface area contributed by atoms with E-state index in [2.05, 4.69) is 15.2 Å². The molecular weight excluding hydrogens is 344 g/mol. The second-order valence-electron chi connectivity index (χ2n) is 6.39. The fourth-order valence-corrected chi connectivity index (χ4v) is 3.21. The van der Waals surface area contributed by atoms with Crippen LogP contribution in [0.5, 0.6) is 5.88 Å². The number of rotatable bonds is 6. The molecule has 2 heterocycles. The van der Waals surface area contributed by atoms with Crippen LogP contribution < -0.4 is 20.7 Å². The summed E-state index contributed by atoms with van der Waals surface area (Å²) in [4.78, 5) is 30.8. The number of aromatic nitrogens is 1. The molecule has 2 aromatic rings. The van der Waals surface area contributed by atoms with E-state index in [-0.39, 0.29) is 11.8 Å². The molecule has 142 valence electrons. The molecule has 0 bridgehead atoms. The largest absolute Gasteiger partial charge is 0.477 e. The van der Waals surface area contributed by atoms with Crippen LogP contribution in [0.1, 0.15) is 46.9 Å². The van der Waals surface area contributed by atoms with E-state index >= 15 is 0 Å². The highest BCUT2D eigenvalue weighted by atomic mass is 16.5. The van der Waals surface area contributed by atoms with Crippen molar-refractivity contribution in [1.82, 2.24) is 4.98 Å². The zero-order valence-corrected chi connectivity index (χ0v) is 15.4. The van der Waals surface area contributed by atoms with Gasteiger partial charge in [-0.2, -0.15) is 0 Å². The maximum absolute atomic E-state index is 12.9. The van der Waals surface area contributed by atoms with Crippen molar-refractivity contribution in [3.8, 4) is 5.88 Å². The molecule has 27 heavy (non-hydrogen) atoms. The predicted octanol–water partition coefficient (Wildman–Crippen LogP) is 2.82. The van der Waals surface area contributed by atoms with E-state index in [0.717, 1.165) is 31.6 Å². The molecule has 1 aliphatic rings. The van der Waals surface area contributed by atoms with Gasteiger partial charge in [-0.25, -0.2) is 4.98 Å². The first-order valence-electron chi connectivity index (χ1n) is 9.18. The number of hydrogen-bond donors (Lipinski definition) is 2. The smallest absolute Gasteiger partial charge is 0.261 e. The predicted molar refractivity (Wildman–Crippen MR) is 104 cm³/mol. The lowest BCUT2D eigenvalue weighted by molar-refractivity contribution is 0.0995. The van der Waals surface area contributed by atoms with Crippen LogP contribution in [0.15, 0.2) is 36.5 Å². The number of hydrogen-bond acceptors (Lipinski definition) is 5. The van der Waals surface area contributed by atoms with Crippen LogP contribution in [0.4, 0.5) is 11.4 Å². The Bertz CT molecular complexity index is 832. The number of carbonyl (C=O) groups excluding carboxylic acids is 2. The van der Waals surface area contributed by atoms with Crippen molar-refractivity contribution in [1.29, 1.82) is 0 Å². The summed E-state index contributed by atoms with van der Waals surface area (Å²) in [6, 6.07) is 8.50. The molecule has 3 N–H and O–H groups in total. The van der Waals surface area contributed by atoms with E-state index in [0.29, 0.717) is 23.4 Å². The number of anilines is 2. The number of piperidine rings is 1. The highest BCUT2D eigenvalue weighted by Crippen LogP contribution is 2.30. The van der Waals surface area contributed by atoms with E-state index in [9.17, 15) is 9.59 Å². The summed E-state index contributed by atoms with van der Waals surface area (Å²) in [5.41, 5.74) is 7.56. The maximum atomic E-state index is 12.9. The van der Waals surface area contributed by atoms with Gasteiger partial charge >= 0.3 is 0 Å². The van der Waals surface area contributed by atoms with Gasteiger partial charge in [0.05, 0.1) is 18.0 Å². The van der Waals surface area contributed by atoms with Crippen molar-refractivity contribution in [3.05, 3.63) is 47.7 Å². The van der Waals surface area contributed by atoms with E-state index < -0.39 is 5.91 Å². The van der Waals surface area contributed by atoms with Gasteiger partial charge in [0, 0.05) is 24.8 Å². The Morgan fingerprint density at radius 1 is 1.22 bits per heavy atom. The summed E-state index contributed by atoms with van der Waals surface area (Å²) in [7, 11) is 0. The van der Waals surface area contributed by atoms with Gasteiger partial charge in [-0.3, -0.25) is 9.59 Å². The van der Waals surface area contributed by atoms with E-state index in [1.165, 1.54) is 6.42 Å². The van der Waals surface area contributed by atoms with Crippen LogP contribution in [0.3, 0.4) is 0 Å². The number of amides is 2. The molecule has 0 spiro atoms. The van der Waals surface area contributed by atoms with Crippen LogP contribution in [-0.2, 0) is 0 Å². The van der Waals surface area contributed by atoms with Crippen LogP contribution in [0.25, 0.3) is 0 Å². The SMILES string of the molecule is CCOc1ncccc1C(=O)Nc1cc(C(N)=O)ccc1N1CCCCC1. The Morgan fingerprint density at radius 3 is 2.70 bits per heavy atom. The molecule has 2 amide bonds. The first kappa shape index (κ1) is 18.7. The molecule has 0 unspecified atom stereocenters. The van der Waals surface area contributed by atoms with Gasteiger partial charge in [-0.15, -0.1) is 0 Å². The van der Waals surface area contributed by atoms with Crippen LogP contribution in [0.2, 0.25) is 0 Å². The molecule has 1 fully saturated rings. The van der Waals surface area contributed by atoms with Crippen molar-refractivity contribution >= 4 is 23.2 Å². The lowest BCUT2D eigenvalue weighted by atomic mass is 10.1. The third-order valence-electron chi connectivity index (χ3n) is 4.52. The summed E-state index contributed by atoms with van der Waals surface area (Å²) in [6.07, 6.45) is 4.98. The molecule has 0 aliphatic carbocycles. The molecule has 1 saturated heterocycles. The molecule has 1 aliphatic heterocycles. The van der Waals surface area contributed by atoms with E-state index in [1.54, 1.807) is 30.5 Å². The van der Waals surface area contributed by atoms with E-state index in [1.807, 2.05) is 13.0 Å². The quantitative estimate of drug-likeness (QED) is 0.817. The second kappa shape index (κ2) is 8.53. The molecule has 1 aromatic carbocycles. The van der Waals surface area contributed by atoms with Crippen molar-refractivity contribution in [2.24, 2.45) is 5.73 Å². The zero-order valence-electron chi connectivity index (χ0n) is 15.4. The minimum Gasteiger partial charge on any atom is -0.477 e. The Morgan fingerprint density at radius 2 is 2.00 bits per heavy atom. The lowest BCUT2D eigenvalue weighted by Crippen LogP contribution is -2.30. The second-order valence-corrected chi connectivity index (χ2v) is 6.39. The maximum Gasteiger partial charge on any atom is 0.261 e. The van der Waals surface area contributed by atoms with Gasteiger partial charge in [0.15, 0.2) is 0 Å². The number of pyridine rings is 1. The number of nitrogens with zero attached hydrogens (tertiary/aromatic N) is 2. The minimum absolute atomic E-state index is 0.281. The zero-order chi connectivity index (χ0) is 19.2. The van der Waals surface area contributed by atoms with Crippen molar-refractivity contribution < 1.29 is 14.3 Å². The van der Waals surface area contributed by atoms with Gasteiger partial charge in [-0.05, 0) is 56.5 Å². The summed E-state index contributed by atoms with van der Waals surface area (Å²) in [6.45, 7) is 4.07. The number of benzene rings is 1. The van der Waals surface area contributed by atoms with Crippen LogP contribution in [-0.4, -0.2) is 36.5 Å². The Labute approximate surface area is 158 Å². The minimum atomic E-state index is -0.535. The first-order chi connectivity index (χ1) is 13.1. The normalized spacial score (nSPS) is 13.9. The fourth-order valence-electron chi connectivity index (χ4n) is 3.21. The third kappa shape index (κ3) is 4.36. The van der Waals surface area contributed by atoms with Crippen molar-refractivity contribution in [2.75, 3.05) is 29.9 Å². The summed E-state index contributed by atoms with van der Waals surface area (Å²) < 4.78 is 5.45.